The van der Waals surface area contributed by atoms with E-state index in [0.29, 0.717) is 11.8 Å². The predicted molar refractivity (Wildman–Crippen MR) is 48.0 cm³/mol. The van der Waals surface area contributed by atoms with Crippen molar-refractivity contribution in [2.75, 3.05) is 0 Å². The van der Waals surface area contributed by atoms with Crippen LogP contribution in [0.25, 0.3) is 0 Å². The van der Waals surface area contributed by atoms with E-state index in [2.05, 4.69) is 25.6 Å². The van der Waals surface area contributed by atoms with E-state index in [1.807, 2.05) is 6.08 Å². The number of hydrogen-bond acceptors (Lipinski definition) is 2. The lowest BCUT2D eigenvalue weighted by molar-refractivity contribution is 0.319. The van der Waals surface area contributed by atoms with Crippen molar-refractivity contribution in [1.82, 2.24) is 0 Å². The van der Waals surface area contributed by atoms with Crippen LogP contribution in [-0.4, -0.2) is 11.4 Å². The number of hydrogen-bond donors (Lipinski definition) is 1. The molecule has 0 unspecified atom stereocenters. The molecule has 0 aliphatic heterocycles. The lowest BCUT2D eigenvalue weighted by atomic mass is 9.92. The van der Waals surface area contributed by atoms with Crippen molar-refractivity contribution in [2.24, 2.45) is 17.0 Å². The van der Waals surface area contributed by atoms with Gasteiger partial charge in [-0.15, -0.1) is 11.7 Å². The number of oxime groups is 1. The molecule has 0 amide bonds. The highest BCUT2D eigenvalue weighted by atomic mass is 16.4. The van der Waals surface area contributed by atoms with Crippen molar-refractivity contribution in [1.29, 1.82) is 0 Å². The minimum atomic E-state index is 0.544. The van der Waals surface area contributed by atoms with E-state index in [0.717, 1.165) is 12.8 Å². The summed E-state index contributed by atoms with van der Waals surface area (Å²) < 4.78 is 0. The molecule has 0 radical (unpaired) electrons. The topological polar surface area (TPSA) is 32.6 Å². The van der Waals surface area contributed by atoms with Gasteiger partial charge < -0.3 is 5.21 Å². The first-order valence-electron chi connectivity index (χ1n) is 4.00. The molecule has 11 heavy (non-hydrogen) atoms. The SMILES string of the molecule is C=C[C@H](C)[C@@H](C)CC/C=N/O. The van der Waals surface area contributed by atoms with Gasteiger partial charge in [-0.25, -0.2) is 0 Å². The highest BCUT2D eigenvalue weighted by molar-refractivity contribution is 5.55. The predicted octanol–water partition coefficient (Wildman–Crippen LogP) is 2.68. The van der Waals surface area contributed by atoms with Crippen LogP contribution in [0.1, 0.15) is 26.7 Å². The molecule has 0 saturated carbocycles. The monoisotopic (exact) mass is 155 g/mol. The Kier molecular flexibility index (Phi) is 5.53. The Hall–Kier alpha value is -0.790. The molecule has 1 N–H and O–H groups in total. The van der Waals surface area contributed by atoms with Crippen LogP contribution in [0.15, 0.2) is 17.8 Å². The molecule has 0 bridgehead atoms. The molecule has 0 saturated heterocycles. The van der Waals surface area contributed by atoms with E-state index in [1.165, 1.54) is 6.21 Å². The summed E-state index contributed by atoms with van der Waals surface area (Å²) in [6, 6.07) is 0. The Balaban J connectivity index is 3.50. The summed E-state index contributed by atoms with van der Waals surface area (Å²) in [6.45, 7) is 8.05. The molecule has 0 aromatic carbocycles. The fourth-order valence-corrected chi connectivity index (χ4v) is 0.890. The molecule has 64 valence electrons. The highest BCUT2D eigenvalue weighted by Gasteiger charge is 2.06. The van der Waals surface area contributed by atoms with Crippen LogP contribution in [0.4, 0.5) is 0 Å². The molecular formula is C9H17NO. The van der Waals surface area contributed by atoms with Gasteiger partial charge in [0.1, 0.15) is 0 Å². The summed E-state index contributed by atoms with van der Waals surface area (Å²) in [6.07, 6.45) is 5.39. The zero-order valence-electron chi connectivity index (χ0n) is 7.33. The normalized spacial score (nSPS) is 16.5. The molecule has 2 atom stereocenters. The lowest BCUT2D eigenvalue weighted by Crippen LogP contribution is -2.04. The van der Waals surface area contributed by atoms with Crippen LogP contribution in [-0.2, 0) is 0 Å². The van der Waals surface area contributed by atoms with E-state index in [4.69, 9.17) is 5.21 Å². The van der Waals surface area contributed by atoms with Gasteiger partial charge >= 0.3 is 0 Å². The third-order valence-electron chi connectivity index (χ3n) is 2.10. The second kappa shape index (κ2) is 5.96. The van der Waals surface area contributed by atoms with E-state index in [-0.39, 0.29) is 0 Å². The fourth-order valence-electron chi connectivity index (χ4n) is 0.890. The zero-order valence-corrected chi connectivity index (χ0v) is 7.33. The molecule has 2 nitrogen and oxygen atoms in total. The molecule has 0 aromatic rings. The van der Waals surface area contributed by atoms with E-state index in [1.54, 1.807) is 0 Å². The average Bonchev–Trinajstić information content (AvgIpc) is 2.03. The molecule has 2 heteroatoms. The van der Waals surface area contributed by atoms with Crippen LogP contribution in [0.3, 0.4) is 0 Å². The van der Waals surface area contributed by atoms with Gasteiger partial charge in [0, 0.05) is 6.21 Å². The maximum Gasteiger partial charge on any atom is 0.0436 e. The number of rotatable bonds is 5. The summed E-state index contributed by atoms with van der Waals surface area (Å²) >= 11 is 0. The Morgan fingerprint density at radius 2 is 2.18 bits per heavy atom. The van der Waals surface area contributed by atoms with Crippen molar-refractivity contribution in [2.45, 2.75) is 26.7 Å². The lowest BCUT2D eigenvalue weighted by Gasteiger charge is -2.13. The zero-order chi connectivity index (χ0) is 8.69. The van der Waals surface area contributed by atoms with E-state index < -0.39 is 0 Å². The van der Waals surface area contributed by atoms with Gasteiger partial charge in [-0.3, -0.25) is 0 Å². The van der Waals surface area contributed by atoms with Crippen LogP contribution in [0, 0.1) is 11.8 Å². The largest absolute Gasteiger partial charge is 0.411 e. The Morgan fingerprint density at radius 1 is 1.55 bits per heavy atom. The highest BCUT2D eigenvalue weighted by Crippen LogP contribution is 2.16. The summed E-state index contributed by atoms with van der Waals surface area (Å²) in [4.78, 5) is 0. The summed E-state index contributed by atoms with van der Waals surface area (Å²) in [7, 11) is 0. The molecule has 0 aromatic heterocycles. The van der Waals surface area contributed by atoms with E-state index >= 15 is 0 Å². The molecule has 0 aliphatic carbocycles. The summed E-state index contributed by atoms with van der Waals surface area (Å²) in [5.74, 6) is 1.16. The minimum absolute atomic E-state index is 0.544. The molecule has 0 fully saturated rings. The van der Waals surface area contributed by atoms with Crippen molar-refractivity contribution >= 4 is 6.21 Å². The van der Waals surface area contributed by atoms with Crippen molar-refractivity contribution in [3.63, 3.8) is 0 Å². The molecule has 0 spiro atoms. The second-order valence-corrected chi connectivity index (χ2v) is 2.95. The minimum Gasteiger partial charge on any atom is -0.411 e. The smallest absolute Gasteiger partial charge is 0.0436 e. The fraction of sp³-hybridized carbons (Fsp3) is 0.667. The maximum atomic E-state index is 8.12. The first kappa shape index (κ1) is 10.2. The van der Waals surface area contributed by atoms with Gasteiger partial charge in [-0.1, -0.05) is 19.9 Å². The van der Waals surface area contributed by atoms with E-state index in [9.17, 15) is 0 Å². The first-order chi connectivity index (χ1) is 5.22. The van der Waals surface area contributed by atoms with Gasteiger partial charge in [0.2, 0.25) is 0 Å². The van der Waals surface area contributed by atoms with Gasteiger partial charge in [0.05, 0.1) is 0 Å². The quantitative estimate of drug-likeness (QED) is 0.281. The van der Waals surface area contributed by atoms with Crippen molar-refractivity contribution in [3.8, 4) is 0 Å². The van der Waals surface area contributed by atoms with Crippen LogP contribution in [0.2, 0.25) is 0 Å². The number of nitrogens with zero attached hydrogens (tertiary/aromatic N) is 1. The first-order valence-corrected chi connectivity index (χ1v) is 4.00. The van der Waals surface area contributed by atoms with Gasteiger partial charge in [-0.05, 0) is 24.7 Å². The third kappa shape index (κ3) is 4.59. The standard InChI is InChI=1S/C9H17NO/c1-4-8(2)9(3)6-5-7-10-11/h4,7-9,11H,1,5-6H2,2-3H3/b10-7+/t8-,9-/m0/s1. The maximum absolute atomic E-state index is 8.12. The van der Waals surface area contributed by atoms with Gasteiger partial charge in [-0.2, -0.15) is 0 Å². The average molecular weight is 155 g/mol. The molecule has 0 aliphatic rings. The summed E-state index contributed by atoms with van der Waals surface area (Å²) in [5.41, 5.74) is 0. The Labute approximate surface area is 68.6 Å². The van der Waals surface area contributed by atoms with Gasteiger partial charge in [0.15, 0.2) is 0 Å². The third-order valence-corrected chi connectivity index (χ3v) is 2.10. The molecular weight excluding hydrogens is 138 g/mol. The van der Waals surface area contributed by atoms with Crippen LogP contribution in [0.5, 0.6) is 0 Å². The second-order valence-electron chi connectivity index (χ2n) is 2.95. The number of allylic oxidation sites excluding steroid dienone is 1. The van der Waals surface area contributed by atoms with Crippen LogP contribution < -0.4 is 0 Å². The van der Waals surface area contributed by atoms with Crippen LogP contribution >= 0.6 is 0 Å². The molecule has 0 rings (SSSR count). The van der Waals surface area contributed by atoms with Crippen molar-refractivity contribution < 1.29 is 5.21 Å². The van der Waals surface area contributed by atoms with Crippen molar-refractivity contribution in [3.05, 3.63) is 12.7 Å². The van der Waals surface area contributed by atoms with Gasteiger partial charge in [0.25, 0.3) is 0 Å². The molecule has 0 heterocycles. The Morgan fingerprint density at radius 3 is 2.64 bits per heavy atom. The Bertz CT molecular complexity index is 132. The summed E-state index contributed by atoms with van der Waals surface area (Å²) in [5, 5.41) is 11.1.